The highest BCUT2D eigenvalue weighted by Crippen LogP contribution is 2.64. The lowest BCUT2D eigenvalue weighted by molar-refractivity contribution is -0.143. The van der Waals surface area contributed by atoms with Gasteiger partial charge in [-0.3, -0.25) is 4.79 Å². The molecule has 124 valence electrons. The smallest absolute Gasteiger partial charge is 0.226 e. The number of aromatic hydroxyl groups is 1. The lowest BCUT2D eigenvalue weighted by Crippen LogP contribution is -2.58. The fourth-order valence-electron chi connectivity index (χ4n) is 5.59. The van der Waals surface area contributed by atoms with Gasteiger partial charge in [0.1, 0.15) is 5.75 Å². The van der Waals surface area contributed by atoms with Crippen molar-refractivity contribution in [1.29, 1.82) is 0 Å². The molecule has 0 heterocycles. The average Bonchev–Trinajstić information content (AvgIpc) is 2.46. The minimum absolute atomic E-state index is 0.122. The molecule has 1 amide bonds. The largest absolute Gasteiger partial charge is 0.508 e. The Kier molecular flexibility index (Phi) is 3.71. The number of phenols is 1. The van der Waals surface area contributed by atoms with Crippen molar-refractivity contribution in [2.24, 2.45) is 17.3 Å². The van der Waals surface area contributed by atoms with Crippen LogP contribution in [0.15, 0.2) is 24.3 Å². The maximum atomic E-state index is 12.9. The van der Waals surface area contributed by atoms with Crippen LogP contribution in [-0.2, 0) is 11.2 Å². The van der Waals surface area contributed by atoms with Crippen LogP contribution < -0.4 is 5.32 Å². The zero-order chi connectivity index (χ0) is 16.1. The summed E-state index contributed by atoms with van der Waals surface area (Å²) in [6, 6.07) is 7.23. The van der Waals surface area contributed by atoms with Gasteiger partial charge in [-0.05, 0) is 74.5 Å². The van der Waals surface area contributed by atoms with E-state index in [9.17, 15) is 9.90 Å². The standard InChI is InChI=1S/C19H24BrNO2/c20-19-10-14-7-15(11-19)9-18(8-14,12-19)17(23)21-6-5-13-1-3-16(22)4-2-13/h1-4,14-15,22H,5-12H2,(H,21,23). The van der Waals surface area contributed by atoms with Gasteiger partial charge in [-0.15, -0.1) is 0 Å². The van der Waals surface area contributed by atoms with Gasteiger partial charge in [0.05, 0.1) is 5.41 Å². The summed E-state index contributed by atoms with van der Waals surface area (Å²) in [6.07, 6.45) is 7.84. The Morgan fingerprint density at radius 2 is 1.83 bits per heavy atom. The fourth-order valence-corrected chi connectivity index (χ4v) is 7.04. The van der Waals surface area contributed by atoms with E-state index in [1.165, 1.54) is 19.3 Å². The molecule has 1 aromatic carbocycles. The van der Waals surface area contributed by atoms with Crippen LogP contribution >= 0.6 is 15.9 Å². The van der Waals surface area contributed by atoms with E-state index in [1.54, 1.807) is 12.1 Å². The van der Waals surface area contributed by atoms with Gasteiger partial charge in [0.25, 0.3) is 0 Å². The van der Waals surface area contributed by atoms with Gasteiger partial charge in [0.2, 0.25) is 5.91 Å². The van der Waals surface area contributed by atoms with Crippen molar-refractivity contribution >= 4 is 21.8 Å². The van der Waals surface area contributed by atoms with Crippen molar-refractivity contribution in [3.63, 3.8) is 0 Å². The molecule has 4 saturated carbocycles. The second-order valence-corrected chi connectivity index (χ2v) is 9.75. The summed E-state index contributed by atoms with van der Waals surface area (Å²) in [5.41, 5.74) is 1.02. The minimum atomic E-state index is -0.122. The first-order chi connectivity index (χ1) is 11.0. The van der Waals surface area contributed by atoms with Gasteiger partial charge in [-0.25, -0.2) is 0 Å². The highest BCUT2D eigenvalue weighted by molar-refractivity contribution is 9.10. The second kappa shape index (κ2) is 5.51. The predicted octanol–water partition coefficient (Wildman–Crippen LogP) is 3.78. The van der Waals surface area contributed by atoms with Crippen LogP contribution in [0.25, 0.3) is 0 Å². The molecule has 2 atom stereocenters. The minimum Gasteiger partial charge on any atom is -0.508 e. The third kappa shape index (κ3) is 2.90. The van der Waals surface area contributed by atoms with Crippen molar-refractivity contribution in [3.05, 3.63) is 29.8 Å². The number of hydrogen-bond donors (Lipinski definition) is 2. The Morgan fingerprint density at radius 1 is 1.17 bits per heavy atom. The van der Waals surface area contributed by atoms with Crippen LogP contribution in [0.5, 0.6) is 5.75 Å². The van der Waals surface area contributed by atoms with Crippen LogP contribution in [-0.4, -0.2) is 21.9 Å². The van der Waals surface area contributed by atoms with Crippen molar-refractivity contribution in [2.75, 3.05) is 6.54 Å². The Labute approximate surface area is 146 Å². The molecular weight excluding hydrogens is 354 g/mol. The molecule has 0 aliphatic heterocycles. The summed E-state index contributed by atoms with van der Waals surface area (Å²) >= 11 is 3.97. The molecule has 0 radical (unpaired) electrons. The first kappa shape index (κ1) is 15.5. The molecule has 4 aliphatic carbocycles. The molecule has 4 heteroatoms. The number of phenolic OH excluding ortho intramolecular Hbond substituents is 1. The Hall–Kier alpha value is -1.03. The number of alkyl halides is 1. The van der Waals surface area contributed by atoms with Gasteiger partial charge in [0, 0.05) is 10.9 Å². The fraction of sp³-hybridized carbons (Fsp3) is 0.632. The molecule has 2 unspecified atom stereocenters. The third-order valence-corrected chi connectivity index (χ3v) is 7.03. The molecule has 1 aromatic rings. The summed E-state index contributed by atoms with van der Waals surface area (Å²) in [4.78, 5) is 12.9. The van der Waals surface area contributed by atoms with Gasteiger partial charge < -0.3 is 10.4 Å². The maximum Gasteiger partial charge on any atom is 0.226 e. The normalized spacial score (nSPS) is 37.8. The lowest BCUT2D eigenvalue weighted by atomic mass is 9.49. The first-order valence-electron chi connectivity index (χ1n) is 8.72. The van der Waals surface area contributed by atoms with E-state index in [0.29, 0.717) is 6.54 Å². The first-order valence-corrected chi connectivity index (χ1v) is 9.51. The quantitative estimate of drug-likeness (QED) is 0.784. The van der Waals surface area contributed by atoms with E-state index in [4.69, 9.17) is 0 Å². The molecule has 3 nitrogen and oxygen atoms in total. The molecule has 23 heavy (non-hydrogen) atoms. The zero-order valence-electron chi connectivity index (χ0n) is 13.4. The van der Waals surface area contributed by atoms with Crippen LogP contribution in [0.3, 0.4) is 0 Å². The zero-order valence-corrected chi connectivity index (χ0v) is 14.9. The lowest BCUT2D eigenvalue weighted by Gasteiger charge is -2.59. The van der Waals surface area contributed by atoms with E-state index >= 15 is 0 Å². The summed E-state index contributed by atoms with van der Waals surface area (Å²) in [5, 5.41) is 12.5. The van der Waals surface area contributed by atoms with Crippen LogP contribution in [0.2, 0.25) is 0 Å². The van der Waals surface area contributed by atoms with Crippen molar-refractivity contribution in [1.82, 2.24) is 5.32 Å². The summed E-state index contributed by atoms with van der Waals surface area (Å²) in [7, 11) is 0. The number of halogens is 1. The van der Waals surface area contributed by atoms with Crippen LogP contribution in [0.4, 0.5) is 0 Å². The highest BCUT2D eigenvalue weighted by Gasteiger charge is 2.59. The van der Waals surface area contributed by atoms with Gasteiger partial charge >= 0.3 is 0 Å². The predicted molar refractivity (Wildman–Crippen MR) is 93.6 cm³/mol. The summed E-state index contributed by atoms with van der Waals surface area (Å²) in [6.45, 7) is 0.677. The summed E-state index contributed by atoms with van der Waals surface area (Å²) in [5.74, 6) is 2.03. The Morgan fingerprint density at radius 3 is 2.43 bits per heavy atom. The van der Waals surface area contributed by atoms with Crippen molar-refractivity contribution in [3.8, 4) is 5.75 Å². The SMILES string of the molecule is O=C(NCCc1ccc(O)cc1)C12CC3CC(CC(Br)(C3)C1)C2. The number of benzene rings is 1. The number of nitrogens with one attached hydrogen (secondary N) is 1. The maximum absolute atomic E-state index is 12.9. The molecule has 0 saturated heterocycles. The molecule has 5 rings (SSSR count). The van der Waals surface area contributed by atoms with E-state index in [0.717, 1.165) is 43.1 Å². The molecule has 0 aromatic heterocycles. The number of amides is 1. The summed E-state index contributed by atoms with van der Waals surface area (Å²) < 4.78 is 0.228. The molecule has 0 spiro atoms. The van der Waals surface area contributed by atoms with E-state index < -0.39 is 0 Å². The number of rotatable bonds is 4. The molecule has 4 fully saturated rings. The Balaban J connectivity index is 1.38. The van der Waals surface area contributed by atoms with Crippen LogP contribution in [0, 0.1) is 17.3 Å². The molecule has 4 aliphatic rings. The molecule has 2 N–H and O–H groups in total. The highest BCUT2D eigenvalue weighted by atomic mass is 79.9. The number of hydrogen-bond acceptors (Lipinski definition) is 2. The van der Waals surface area contributed by atoms with E-state index in [1.807, 2.05) is 12.1 Å². The monoisotopic (exact) mass is 377 g/mol. The van der Waals surface area contributed by atoms with Gasteiger partial charge in [-0.1, -0.05) is 28.1 Å². The van der Waals surface area contributed by atoms with Gasteiger partial charge in [-0.2, -0.15) is 0 Å². The number of carbonyl (C=O) groups is 1. The second-order valence-electron chi connectivity index (χ2n) is 8.06. The van der Waals surface area contributed by atoms with E-state index in [2.05, 4.69) is 21.2 Å². The topological polar surface area (TPSA) is 49.3 Å². The molecule has 4 bridgehead atoms. The van der Waals surface area contributed by atoms with E-state index in [-0.39, 0.29) is 21.4 Å². The third-order valence-electron chi connectivity index (χ3n) is 6.11. The van der Waals surface area contributed by atoms with Crippen molar-refractivity contribution < 1.29 is 9.90 Å². The van der Waals surface area contributed by atoms with Crippen LogP contribution in [0.1, 0.15) is 44.1 Å². The van der Waals surface area contributed by atoms with Crippen molar-refractivity contribution in [2.45, 2.75) is 49.3 Å². The van der Waals surface area contributed by atoms with Gasteiger partial charge in [0.15, 0.2) is 0 Å². The average molecular weight is 378 g/mol. The molecular formula is C19H24BrNO2. The Bertz CT molecular complexity index is 598. The number of carbonyl (C=O) groups excluding carboxylic acids is 1.